The van der Waals surface area contributed by atoms with Crippen LogP contribution < -0.4 is 38.0 Å². The number of carbonyl (C=O) groups is 2. The van der Waals surface area contributed by atoms with Gasteiger partial charge in [-0.05, 0) is 124 Å². The largest absolute Gasteiger partial charge is 0.459 e. The molecule has 9 aromatic rings. The first-order valence-corrected chi connectivity index (χ1v) is 45.7. The molecule has 124 heavy (non-hydrogen) atoms. The number of hydrogen-bond acceptors (Lipinski definition) is 22. The summed E-state index contributed by atoms with van der Waals surface area (Å²) in [5, 5.41) is 23.7. The summed E-state index contributed by atoms with van der Waals surface area (Å²) in [6, 6.07) is 41.9. The topological polar surface area (TPSA) is 264 Å². The van der Waals surface area contributed by atoms with Gasteiger partial charge in [0.2, 0.25) is 22.4 Å². The molecular weight excluding hydrogens is 1610 g/mol. The Balaban J connectivity index is 0.000000142. The third-order valence-corrected chi connectivity index (χ3v) is 24.1. The van der Waals surface area contributed by atoms with Gasteiger partial charge in [-0.3, -0.25) is 14.2 Å². The Morgan fingerprint density at radius 1 is 0.419 bits per heavy atom. The van der Waals surface area contributed by atoms with Crippen molar-refractivity contribution in [2.24, 2.45) is 15.0 Å². The van der Waals surface area contributed by atoms with Crippen molar-refractivity contribution in [2.75, 3.05) is 11.8 Å². The van der Waals surface area contributed by atoms with Crippen LogP contribution in [0.1, 0.15) is 212 Å². The van der Waals surface area contributed by atoms with Gasteiger partial charge < -0.3 is 71.0 Å². The van der Waals surface area contributed by atoms with Gasteiger partial charge in [-0.2, -0.15) is 20.0 Å². The van der Waals surface area contributed by atoms with Crippen LogP contribution in [-0.2, 0) is 63.7 Å². The smallest absolute Gasteiger partial charge is 0.353 e. The van der Waals surface area contributed by atoms with Crippen LogP contribution >= 0.6 is 23.2 Å². The second-order valence-corrected chi connectivity index (χ2v) is 33.3. The average molecular weight is 1730 g/mol. The molecule has 5 aromatic heterocycles. The lowest BCUT2D eigenvalue weighted by atomic mass is 10.0. The molecule has 12 atom stereocenters. The van der Waals surface area contributed by atoms with E-state index in [1.54, 1.807) is 6.20 Å². The lowest BCUT2D eigenvalue weighted by Gasteiger charge is -2.27. The number of alkyl halides is 2. The third-order valence-electron chi connectivity index (χ3n) is 23.7. The molecule has 2 N–H and O–H groups in total. The molecule has 25 heteroatoms. The Labute approximate surface area is 735 Å². The molecule has 0 spiro atoms. The average Bonchev–Trinajstić information content (AvgIpc) is 1.68. The quantitative estimate of drug-likeness (QED) is 0.0225. The number of ether oxygens (including phenoxy) is 6. The minimum Gasteiger partial charge on any atom is -0.459 e. The lowest BCUT2D eigenvalue weighted by Crippen LogP contribution is -2.37. The van der Waals surface area contributed by atoms with Crippen molar-refractivity contribution in [1.29, 1.82) is 0 Å². The lowest BCUT2D eigenvalue weighted by molar-refractivity contribution is -0.149. The number of aliphatic hydroxyl groups excluding tert-OH is 2. The maximum Gasteiger partial charge on any atom is 0.353 e. The van der Waals surface area contributed by atoms with Gasteiger partial charge in [-0.15, -0.1) is 23.2 Å². The third kappa shape index (κ3) is 22.8. The summed E-state index contributed by atoms with van der Waals surface area (Å²) in [6.45, 7) is 29.0. The summed E-state index contributed by atoms with van der Waals surface area (Å²) in [5.41, 5.74) is 10.9. The van der Waals surface area contributed by atoms with Gasteiger partial charge in [-0.1, -0.05) is 224 Å². The Morgan fingerprint density at radius 3 is 1.04 bits per heavy atom. The highest BCUT2D eigenvalue weighted by Gasteiger charge is 2.43. The number of furan rings is 4. The summed E-state index contributed by atoms with van der Waals surface area (Å²) in [6.07, 6.45) is 27.8. The fourth-order valence-electron chi connectivity index (χ4n) is 16.7. The molecule has 23 nitrogen and oxygen atoms in total. The van der Waals surface area contributed by atoms with Crippen LogP contribution in [0.25, 0.3) is 75.0 Å². The highest BCUT2D eigenvalue weighted by atomic mass is 35.5. The number of nitrogens with zero attached hydrogens (tertiary/aromatic N) is 8. The number of benzene rings is 4. The van der Waals surface area contributed by atoms with E-state index in [0.717, 1.165) is 100 Å². The van der Waals surface area contributed by atoms with Gasteiger partial charge in [0.05, 0.1) is 57.7 Å². The predicted octanol–water partition coefficient (Wildman–Crippen LogP) is 17.2. The molecule has 660 valence electrons. The Kier molecular flexibility index (Phi) is 32.4. The number of rotatable bonds is 32. The zero-order chi connectivity index (χ0) is 87.5. The number of hydrogen-bond donors (Lipinski definition) is 2. The first-order chi connectivity index (χ1) is 60.2. The summed E-state index contributed by atoms with van der Waals surface area (Å²) in [5.74, 6) is 3.35. The number of unbranched alkanes of at least 4 members (excludes halogenated alkanes) is 8. The molecule has 4 fully saturated rings. The zero-order valence-electron chi connectivity index (χ0n) is 72.8. The first kappa shape index (κ1) is 91.7. The summed E-state index contributed by atoms with van der Waals surface area (Å²) >= 11 is 11.2. The number of aryl methyl sites for hydroxylation is 4. The monoisotopic (exact) mass is 1730 g/mol. The number of fused-ring (bicyclic) bond motifs is 4. The minimum atomic E-state index is -0.576. The summed E-state index contributed by atoms with van der Waals surface area (Å²) in [7, 11) is 0. The van der Waals surface area contributed by atoms with Crippen molar-refractivity contribution in [3.63, 3.8) is 0 Å². The number of halogens is 2. The van der Waals surface area contributed by atoms with E-state index < -0.39 is 42.2 Å². The predicted molar refractivity (Wildman–Crippen MR) is 480 cm³/mol. The van der Waals surface area contributed by atoms with Crippen LogP contribution in [0.3, 0.4) is 0 Å². The van der Waals surface area contributed by atoms with E-state index in [4.69, 9.17) is 69.3 Å². The van der Waals surface area contributed by atoms with Crippen LogP contribution in [0, 0.1) is 0 Å². The van der Waals surface area contributed by atoms with Crippen LogP contribution in [0.4, 0.5) is 0 Å². The van der Waals surface area contributed by atoms with Crippen LogP contribution in [0.2, 0.25) is 0 Å². The van der Waals surface area contributed by atoms with Crippen molar-refractivity contribution in [1.82, 2.24) is 24.3 Å². The molecule has 12 heterocycles. The number of esters is 2. The first-order valence-electron chi connectivity index (χ1n) is 44.6. The Bertz CT molecular complexity index is 5420. The van der Waals surface area contributed by atoms with Crippen molar-refractivity contribution < 1.29 is 65.9 Å². The van der Waals surface area contributed by atoms with E-state index in [9.17, 15) is 24.6 Å². The van der Waals surface area contributed by atoms with E-state index in [2.05, 4.69) is 152 Å². The molecule has 0 amide bonds. The minimum absolute atomic E-state index is 0.140. The molecule has 7 aliphatic rings. The second kappa shape index (κ2) is 43.8. The number of carbonyl (C=O) groups excluding carboxylic acids is 2. The van der Waals surface area contributed by atoms with Gasteiger partial charge in [0.1, 0.15) is 89.4 Å². The summed E-state index contributed by atoms with van der Waals surface area (Å²) in [4.78, 5) is 59.5. The van der Waals surface area contributed by atoms with Gasteiger partial charge in [-0.25, -0.2) is 4.79 Å². The maximum absolute atomic E-state index is 12.7. The van der Waals surface area contributed by atoms with Crippen molar-refractivity contribution in [2.45, 2.75) is 283 Å². The van der Waals surface area contributed by atoms with E-state index in [0.29, 0.717) is 77.4 Å². The van der Waals surface area contributed by atoms with Gasteiger partial charge in [0, 0.05) is 72.7 Å². The number of aliphatic hydroxyl groups is 2. The SMILES string of the molecule is C=C1N=c2oc(-c3ccc(CCCCC)cc3)cc2=CN1C1CC(O)C(CC)O1.C=C1N=c2oc(-c3ccc(CCCCC)cc3)cc2=CN1C1CC(O)C(CC)O1.C=C1N=c2oc(-c3ccc(CCCCC)cc3)cc2=CN1C1CC(OC(=O)CCl)C(CC)O1.CCCCCc1ccc(-c2cc3cn(C4CC(OC(=O)CCl)C(CC)O4)c(=O)nc3o2)cc1. The van der Waals surface area contributed by atoms with E-state index >= 15 is 0 Å². The molecule has 0 bridgehead atoms. The number of aromatic nitrogens is 2. The maximum atomic E-state index is 12.7. The molecule has 12 unspecified atom stereocenters. The summed E-state index contributed by atoms with van der Waals surface area (Å²) < 4.78 is 60.4. The standard InChI is InChI=1S/C26H31ClN2O4.C25H29ClN2O5.2C24H30N2O3/c1-4-6-7-8-18-9-11-19(12-10-18)22-13-20-16-29(17(3)28-26(20)33-22)24-14-23(21(5-2)31-24)32-25(30)15-27;1-3-5-6-7-16-8-10-17(11-9-16)20-12-18-15-28(25(30)27-24(18)33-20)22-13-21(19(4-2)31-22)32-23(29)14-26;2*1-4-6-7-8-17-9-11-18(12-10-17)22-13-19-15-26(16(3)25-24(19)29-22)23-14-20(27)21(5-2)28-23/h9-13,16,21,23-24H,3-8,14-15H2,1-2H3;8-12,15,19,21-22H,3-7,13-14H2,1-2H3;2*9-13,15,20-21,23,27H,3-8,14H2,1-2H3. The van der Waals surface area contributed by atoms with Crippen LogP contribution in [0.15, 0.2) is 202 Å². The molecule has 0 saturated carbocycles. The molecule has 0 aliphatic carbocycles. The van der Waals surface area contributed by atoms with Crippen LogP contribution in [0.5, 0.6) is 0 Å². The van der Waals surface area contributed by atoms with Crippen molar-refractivity contribution >= 4 is 64.8 Å². The van der Waals surface area contributed by atoms with E-state index in [1.807, 2.05) is 97.4 Å². The van der Waals surface area contributed by atoms with Gasteiger partial charge in [0.25, 0.3) is 0 Å². The second-order valence-electron chi connectivity index (χ2n) is 32.8. The molecule has 4 aromatic carbocycles. The Morgan fingerprint density at radius 2 is 0.726 bits per heavy atom. The van der Waals surface area contributed by atoms with E-state index in [-0.39, 0.29) is 66.7 Å². The fraction of sp³-hybridized carbons (Fsp3) is 0.465. The zero-order valence-corrected chi connectivity index (χ0v) is 74.3. The highest BCUT2D eigenvalue weighted by molar-refractivity contribution is 6.26. The van der Waals surface area contributed by atoms with Crippen molar-refractivity contribution in [3.05, 3.63) is 230 Å². The van der Waals surface area contributed by atoms with Gasteiger partial charge >= 0.3 is 17.6 Å². The molecule has 0 radical (unpaired) electrons. The van der Waals surface area contributed by atoms with Crippen LogP contribution in [-0.4, -0.2) is 126 Å². The molecular formula is C99H120Cl2N8O15. The highest BCUT2D eigenvalue weighted by Crippen LogP contribution is 2.37. The molecule has 7 aliphatic heterocycles. The normalized spacial score (nSPS) is 22.3. The van der Waals surface area contributed by atoms with E-state index in [1.165, 1.54) is 104 Å². The Hall–Kier alpha value is -9.95. The van der Waals surface area contributed by atoms with Gasteiger partial charge in [0.15, 0.2) is 0 Å². The fourth-order valence-corrected chi connectivity index (χ4v) is 16.8. The van der Waals surface area contributed by atoms with Crippen molar-refractivity contribution in [3.8, 4) is 45.3 Å². The molecule has 16 rings (SSSR count). The molecule has 4 saturated heterocycles.